The van der Waals surface area contributed by atoms with Crippen molar-refractivity contribution in [1.29, 1.82) is 0 Å². The average molecular weight is 442 g/mol. The van der Waals surface area contributed by atoms with Crippen molar-refractivity contribution < 1.29 is 19.4 Å². The van der Waals surface area contributed by atoms with E-state index in [2.05, 4.69) is 0 Å². The molecule has 2 aromatic carbocycles. The standard InChI is InChI=1S/C21H16ClN3O6/c22-13-6-9-16(25(30)31)18(10-13)23-17-2-1-3-19(26)21(17)15(11-20(23)27)12-4-7-14(8-5-12)24(28)29/h4-10,15H,1-3,11H2. The number of non-ortho nitro benzene ring substituents is 1. The smallest absolute Gasteiger partial charge is 0.293 e. The Labute approximate surface area is 181 Å². The fraction of sp³-hybridized carbons (Fsp3) is 0.238. The molecular formula is C21H16ClN3O6. The van der Waals surface area contributed by atoms with E-state index in [0.29, 0.717) is 36.1 Å². The molecule has 31 heavy (non-hydrogen) atoms. The molecule has 2 aliphatic rings. The highest BCUT2D eigenvalue weighted by Gasteiger charge is 2.41. The molecule has 0 saturated carbocycles. The third kappa shape index (κ3) is 3.68. The topological polar surface area (TPSA) is 124 Å². The first kappa shape index (κ1) is 20.7. The number of halogens is 1. The lowest BCUT2D eigenvalue weighted by Gasteiger charge is -2.38. The minimum absolute atomic E-state index is 0.0341. The summed E-state index contributed by atoms with van der Waals surface area (Å²) in [5, 5.41) is 22.7. The lowest BCUT2D eigenvalue weighted by atomic mass is 9.77. The van der Waals surface area contributed by atoms with Gasteiger partial charge in [0, 0.05) is 53.3 Å². The molecule has 1 unspecified atom stereocenters. The molecule has 1 aliphatic heterocycles. The molecule has 10 heteroatoms. The van der Waals surface area contributed by atoms with E-state index in [1.807, 2.05) is 0 Å². The first-order chi connectivity index (χ1) is 14.8. The molecule has 0 fully saturated rings. The fourth-order valence-corrected chi connectivity index (χ4v) is 4.38. The van der Waals surface area contributed by atoms with Gasteiger partial charge in [-0.25, -0.2) is 0 Å². The van der Waals surface area contributed by atoms with E-state index >= 15 is 0 Å². The Morgan fingerprint density at radius 1 is 0.968 bits per heavy atom. The quantitative estimate of drug-likeness (QED) is 0.501. The average Bonchev–Trinajstić information content (AvgIpc) is 2.73. The number of nitro groups is 2. The van der Waals surface area contributed by atoms with Gasteiger partial charge in [0.25, 0.3) is 11.4 Å². The molecule has 0 saturated heterocycles. The van der Waals surface area contributed by atoms with E-state index < -0.39 is 21.7 Å². The minimum Gasteiger partial charge on any atom is -0.294 e. The van der Waals surface area contributed by atoms with E-state index in [4.69, 9.17) is 11.6 Å². The number of anilines is 1. The second-order valence-electron chi connectivity index (χ2n) is 7.36. The van der Waals surface area contributed by atoms with Crippen LogP contribution in [0.3, 0.4) is 0 Å². The second kappa shape index (κ2) is 7.92. The van der Waals surface area contributed by atoms with Gasteiger partial charge in [-0.15, -0.1) is 0 Å². The molecule has 0 N–H and O–H groups in total. The van der Waals surface area contributed by atoms with Gasteiger partial charge in [-0.1, -0.05) is 23.7 Å². The summed E-state index contributed by atoms with van der Waals surface area (Å²) in [7, 11) is 0. The van der Waals surface area contributed by atoms with Crippen LogP contribution in [0.15, 0.2) is 53.7 Å². The van der Waals surface area contributed by atoms with Crippen molar-refractivity contribution in [3.63, 3.8) is 0 Å². The third-order valence-corrected chi connectivity index (χ3v) is 5.79. The summed E-state index contributed by atoms with van der Waals surface area (Å²) in [4.78, 5) is 48.8. The maximum Gasteiger partial charge on any atom is 0.293 e. The lowest BCUT2D eigenvalue weighted by Crippen LogP contribution is -2.40. The number of amides is 1. The number of rotatable bonds is 4. The van der Waals surface area contributed by atoms with Crippen molar-refractivity contribution in [1.82, 2.24) is 0 Å². The molecule has 1 amide bonds. The number of nitro benzene ring substituents is 2. The highest BCUT2D eigenvalue weighted by molar-refractivity contribution is 6.31. The van der Waals surface area contributed by atoms with Crippen LogP contribution in [-0.4, -0.2) is 21.5 Å². The molecule has 1 heterocycles. The molecule has 2 aromatic rings. The third-order valence-electron chi connectivity index (χ3n) is 5.56. The van der Waals surface area contributed by atoms with Crippen molar-refractivity contribution in [3.05, 3.63) is 84.5 Å². The molecule has 0 radical (unpaired) electrons. The van der Waals surface area contributed by atoms with Gasteiger partial charge < -0.3 is 0 Å². The van der Waals surface area contributed by atoms with Crippen LogP contribution < -0.4 is 4.90 Å². The summed E-state index contributed by atoms with van der Waals surface area (Å²) < 4.78 is 0. The molecule has 0 bridgehead atoms. The molecule has 9 nitrogen and oxygen atoms in total. The number of hydrogen-bond acceptors (Lipinski definition) is 6. The van der Waals surface area contributed by atoms with E-state index in [-0.39, 0.29) is 34.3 Å². The number of Topliss-reactive ketones (excluding diaryl/α,β-unsaturated/α-hetero) is 1. The number of ketones is 1. The zero-order valence-corrected chi connectivity index (χ0v) is 16.9. The zero-order valence-electron chi connectivity index (χ0n) is 16.1. The SMILES string of the molecule is O=C1CCCC2=C1C(c1ccc([N+](=O)[O-])cc1)CC(=O)N2c1cc(Cl)ccc1[N+](=O)[O-]. The van der Waals surface area contributed by atoms with Crippen molar-refractivity contribution >= 4 is 40.4 Å². The number of carbonyl (C=O) groups excluding carboxylic acids is 2. The van der Waals surface area contributed by atoms with Crippen LogP contribution in [0.2, 0.25) is 5.02 Å². The number of carbonyl (C=O) groups is 2. The maximum absolute atomic E-state index is 13.2. The van der Waals surface area contributed by atoms with Gasteiger partial charge in [0.15, 0.2) is 5.78 Å². The van der Waals surface area contributed by atoms with Gasteiger partial charge in [0.1, 0.15) is 5.69 Å². The van der Waals surface area contributed by atoms with Crippen LogP contribution in [0.5, 0.6) is 0 Å². The predicted molar refractivity (Wildman–Crippen MR) is 112 cm³/mol. The Hall–Kier alpha value is -3.59. The first-order valence-corrected chi connectivity index (χ1v) is 9.93. The summed E-state index contributed by atoms with van der Waals surface area (Å²) in [5.74, 6) is -1.10. The molecule has 158 valence electrons. The number of benzene rings is 2. The lowest BCUT2D eigenvalue weighted by molar-refractivity contribution is -0.384. The molecule has 1 aliphatic carbocycles. The first-order valence-electron chi connectivity index (χ1n) is 9.55. The van der Waals surface area contributed by atoms with Crippen LogP contribution in [0.1, 0.15) is 37.2 Å². The number of hydrogen-bond donors (Lipinski definition) is 0. The molecule has 0 spiro atoms. The van der Waals surface area contributed by atoms with Crippen molar-refractivity contribution in [2.24, 2.45) is 0 Å². The van der Waals surface area contributed by atoms with Gasteiger partial charge in [0.05, 0.1) is 9.85 Å². The fourth-order valence-electron chi connectivity index (χ4n) is 4.22. The Kier molecular flexibility index (Phi) is 5.28. The van der Waals surface area contributed by atoms with Crippen LogP contribution in [0.25, 0.3) is 0 Å². The van der Waals surface area contributed by atoms with Crippen molar-refractivity contribution in [2.75, 3.05) is 4.90 Å². The van der Waals surface area contributed by atoms with Gasteiger partial charge in [-0.2, -0.15) is 0 Å². The van der Waals surface area contributed by atoms with Gasteiger partial charge in [0.2, 0.25) is 5.91 Å². The van der Waals surface area contributed by atoms with Crippen molar-refractivity contribution in [2.45, 2.75) is 31.6 Å². The molecule has 0 aromatic heterocycles. The monoisotopic (exact) mass is 441 g/mol. The van der Waals surface area contributed by atoms with Crippen LogP contribution in [-0.2, 0) is 9.59 Å². The summed E-state index contributed by atoms with van der Waals surface area (Å²) in [6, 6.07) is 9.72. The normalized spacial score (nSPS) is 18.7. The summed E-state index contributed by atoms with van der Waals surface area (Å²) in [5.41, 5.74) is 1.13. The van der Waals surface area contributed by atoms with Crippen molar-refractivity contribution in [3.8, 4) is 0 Å². The largest absolute Gasteiger partial charge is 0.294 e. The number of allylic oxidation sites excluding steroid dienone is 2. The van der Waals surface area contributed by atoms with Crippen LogP contribution in [0.4, 0.5) is 17.1 Å². The van der Waals surface area contributed by atoms with E-state index in [9.17, 15) is 29.8 Å². The minimum atomic E-state index is -0.591. The van der Waals surface area contributed by atoms with E-state index in [1.54, 1.807) is 12.1 Å². The van der Waals surface area contributed by atoms with Crippen LogP contribution >= 0.6 is 11.6 Å². The maximum atomic E-state index is 13.2. The van der Waals surface area contributed by atoms with E-state index in [1.165, 1.54) is 35.2 Å². The summed E-state index contributed by atoms with van der Waals surface area (Å²) >= 11 is 6.06. The highest BCUT2D eigenvalue weighted by atomic mass is 35.5. The Bertz CT molecular complexity index is 1160. The van der Waals surface area contributed by atoms with Gasteiger partial charge >= 0.3 is 0 Å². The Morgan fingerprint density at radius 3 is 2.32 bits per heavy atom. The summed E-state index contributed by atoms with van der Waals surface area (Å²) in [6.45, 7) is 0. The molecule has 1 atom stereocenters. The summed E-state index contributed by atoms with van der Waals surface area (Å²) in [6.07, 6.45) is 1.14. The molecule has 4 rings (SSSR count). The van der Waals surface area contributed by atoms with Crippen LogP contribution in [0, 0.1) is 20.2 Å². The Morgan fingerprint density at radius 2 is 1.68 bits per heavy atom. The Balaban J connectivity index is 1.87. The predicted octanol–water partition coefficient (Wildman–Crippen LogP) is 4.68. The van der Waals surface area contributed by atoms with E-state index in [0.717, 1.165) is 0 Å². The number of nitrogens with zero attached hydrogens (tertiary/aromatic N) is 3. The van der Waals surface area contributed by atoms with Gasteiger partial charge in [-0.3, -0.25) is 34.7 Å². The van der Waals surface area contributed by atoms with Gasteiger partial charge in [-0.05, 0) is 30.5 Å². The zero-order chi connectivity index (χ0) is 22.3. The highest BCUT2D eigenvalue weighted by Crippen LogP contribution is 2.45. The second-order valence-corrected chi connectivity index (χ2v) is 7.80. The molecular weight excluding hydrogens is 426 g/mol.